The van der Waals surface area contributed by atoms with Crippen molar-refractivity contribution in [3.63, 3.8) is 0 Å². The van der Waals surface area contributed by atoms with Gasteiger partial charge in [-0.25, -0.2) is 4.39 Å². The summed E-state index contributed by atoms with van der Waals surface area (Å²) in [4.78, 5) is 6.11. The monoisotopic (exact) mass is 303 g/mol. The van der Waals surface area contributed by atoms with E-state index < -0.39 is 0 Å². The summed E-state index contributed by atoms with van der Waals surface area (Å²) in [6.07, 6.45) is 0. The highest BCUT2D eigenvalue weighted by Gasteiger charge is 2.30. The zero-order valence-corrected chi connectivity index (χ0v) is 12.3. The molecule has 1 aliphatic rings. The van der Waals surface area contributed by atoms with Crippen molar-refractivity contribution >= 4 is 23.2 Å². The first-order valence-electron chi connectivity index (χ1n) is 6.67. The van der Waals surface area contributed by atoms with Crippen molar-refractivity contribution < 1.29 is 4.39 Å². The van der Waals surface area contributed by atoms with Gasteiger partial charge in [0.1, 0.15) is 5.82 Å². The van der Waals surface area contributed by atoms with Crippen molar-refractivity contribution in [2.45, 2.75) is 13.0 Å². The Bertz CT molecular complexity index is 714. The lowest BCUT2D eigenvalue weighted by Crippen LogP contribution is -2.36. The molecule has 0 aliphatic carbocycles. The average molecular weight is 304 g/mol. The number of anilines is 1. The largest absolute Gasteiger partial charge is 0.369 e. The zero-order valence-electron chi connectivity index (χ0n) is 11.6. The summed E-state index contributed by atoms with van der Waals surface area (Å²) in [6.45, 7) is 2.42. The summed E-state index contributed by atoms with van der Waals surface area (Å²) in [5.41, 5.74) is 8.51. The second-order valence-electron chi connectivity index (χ2n) is 5.09. The lowest BCUT2D eigenvalue weighted by atomic mass is 10.0. The van der Waals surface area contributed by atoms with Crippen molar-refractivity contribution in [1.82, 2.24) is 0 Å². The highest BCUT2D eigenvalue weighted by molar-refractivity contribution is 6.30. The van der Waals surface area contributed by atoms with E-state index in [1.165, 1.54) is 12.1 Å². The minimum atomic E-state index is -0.299. The molecule has 2 aromatic rings. The summed E-state index contributed by atoms with van der Waals surface area (Å²) >= 11 is 6.00. The minimum Gasteiger partial charge on any atom is -0.369 e. The van der Waals surface area contributed by atoms with E-state index in [-0.39, 0.29) is 11.9 Å². The molecule has 1 aliphatic heterocycles. The van der Waals surface area contributed by atoms with Crippen molar-refractivity contribution in [3.8, 4) is 0 Å². The van der Waals surface area contributed by atoms with Crippen LogP contribution in [-0.2, 0) is 0 Å². The molecule has 108 valence electrons. The number of benzene rings is 2. The van der Waals surface area contributed by atoms with Gasteiger partial charge in [0, 0.05) is 16.3 Å². The maximum atomic E-state index is 14.1. The molecule has 3 nitrogen and oxygen atoms in total. The fourth-order valence-corrected chi connectivity index (χ4v) is 2.78. The molecule has 21 heavy (non-hydrogen) atoms. The average Bonchev–Trinajstić information content (AvgIpc) is 2.83. The van der Waals surface area contributed by atoms with Crippen LogP contribution in [0.25, 0.3) is 0 Å². The van der Waals surface area contributed by atoms with E-state index in [0.29, 0.717) is 23.1 Å². The molecule has 0 saturated carbocycles. The second kappa shape index (κ2) is 5.37. The molecular weight excluding hydrogens is 289 g/mol. The van der Waals surface area contributed by atoms with Crippen LogP contribution in [0, 0.1) is 12.7 Å². The quantitative estimate of drug-likeness (QED) is 0.920. The van der Waals surface area contributed by atoms with Gasteiger partial charge in [-0.2, -0.15) is 0 Å². The van der Waals surface area contributed by atoms with Gasteiger partial charge in [-0.05, 0) is 42.8 Å². The summed E-state index contributed by atoms with van der Waals surface area (Å²) in [6, 6.07) is 12.2. The van der Waals surface area contributed by atoms with E-state index in [4.69, 9.17) is 17.3 Å². The van der Waals surface area contributed by atoms with Gasteiger partial charge < -0.3 is 10.6 Å². The number of aliphatic imine (C=N–C) groups is 1. The first-order valence-corrected chi connectivity index (χ1v) is 7.05. The van der Waals surface area contributed by atoms with Crippen LogP contribution in [0.1, 0.15) is 17.2 Å². The number of halogens is 2. The van der Waals surface area contributed by atoms with Gasteiger partial charge in [0.15, 0.2) is 5.96 Å². The van der Waals surface area contributed by atoms with Crippen LogP contribution in [0.5, 0.6) is 0 Å². The number of hydrogen-bond donors (Lipinski definition) is 1. The molecule has 3 rings (SSSR count). The van der Waals surface area contributed by atoms with Crippen LogP contribution in [0.2, 0.25) is 5.02 Å². The molecule has 0 radical (unpaired) electrons. The molecule has 2 N–H and O–H groups in total. The van der Waals surface area contributed by atoms with Crippen LogP contribution < -0.4 is 10.6 Å². The third kappa shape index (κ3) is 2.59. The first kappa shape index (κ1) is 13.9. The number of aryl methyl sites for hydroxylation is 1. The van der Waals surface area contributed by atoms with E-state index in [1.807, 2.05) is 36.1 Å². The Morgan fingerprint density at radius 1 is 1.29 bits per heavy atom. The van der Waals surface area contributed by atoms with Crippen molar-refractivity contribution in [1.29, 1.82) is 0 Å². The topological polar surface area (TPSA) is 41.6 Å². The van der Waals surface area contributed by atoms with Crippen LogP contribution in [0.3, 0.4) is 0 Å². The maximum absolute atomic E-state index is 14.1. The Kier molecular flexibility index (Phi) is 3.55. The van der Waals surface area contributed by atoms with Gasteiger partial charge in [-0.3, -0.25) is 4.99 Å². The molecule has 2 aromatic carbocycles. The highest BCUT2D eigenvalue weighted by Crippen LogP contribution is 2.33. The summed E-state index contributed by atoms with van der Waals surface area (Å²) in [7, 11) is 0. The van der Waals surface area contributed by atoms with Gasteiger partial charge in [-0.1, -0.05) is 23.7 Å². The molecular formula is C16H15ClFN3. The van der Waals surface area contributed by atoms with E-state index in [2.05, 4.69) is 4.99 Å². The van der Waals surface area contributed by atoms with Crippen LogP contribution in [0.4, 0.5) is 10.1 Å². The molecule has 1 heterocycles. The van der Waals surface area contributed by atoms with Crippen LogP contribution >= 0.6 is 11.6 Å². The van der Waals surface area contributed by atoms with E-state index >= 15 is 0 Å². The Hall–Kier alpha value is -2.07. The molecule has 0 spiro atoms. The van der Waals surface area contributed by atoms with Gasteiger partial charge in [-0.15, -0.1) is 0 Å². The van der Waals surface area contributed by atoms with Crippen molar-refractivity contribution in [2.75, 3.05) is 11.4 Å². The molecule has 5 heteroatoms. The second-order valence-corrected chi connectivity index (χ2v) is 5.53. The Balaban J connectivity index is 2.05. The molecule has 0 aromatic heterocycles. The standard InChI is InChI=1S/C16H15ClFN3/c1-10-3-2-4-12(7-10)21-15(9-20-16(21)19)13-8-11(17)5-6-14(13)18/h2-8,15H,9H2,1H3,(H2,19,20). The number of guanidine groups is 1. The molecule has 0 fully saturated rings. The zero-order chi connectivity index (χ0) is 15.0. The third-order valence-electron chi connectivity index (χ3n) is 3.58. The SMILES string of the molecule is Cc1cccc(N2C(N)=NCC2c2cc(Cl)ccc2F)c1. The predicted molar refractivity (Wildman–Crippen MR) is 84.3 cm³/mol. The number of nitrogens with two attached hydrogens (primary N) is 1. The van der Waals surface area contributed by atoms with Gasteiger partial charge in [0.2, 0.25) is 0 Å². The predicted octanol–water partition coefficient (Wildman–Crippen LogP) is 3.66. The van der Waals surface area contributed by atoms with Crippen LogP contribution in [0.15, 0.2) is 47.5 Å². The normalized spacial score (nSPS) is 18.0. The van der Waals surface area contributed by atoms with Gasteiger partial charge >= 0.3 is 0 Å². The summed E-state index contributed by atoms with van der Waals surface area (Å²) in [5, 5.41) is 0.501. The van der Waals surface area contributed by atoms with Crippen molar-refractivity contribution in [3.05, 3.63) is 64.4 Å². The Morgan fingerprint density at radius 3 is 2.86 bits per heavy atom. The molecule has 0 bridgehead atoms. The molecule has 0 amide bonds. The number of rotatable bonds is 2. The van der Waals surface area contributed by atoms with E-state index in [0.717, 1.165) is 11.3 Å². The van der Waals surface area contributed by atoms with Crippen LogP contribution in [-0.4, -0.2) is 12.5 Å². The first-order chi connectivity index (χ1) is 10.1. The summed E-state index contributed by atoms with van der Waals surface area (Å²) in [5.74, 6) is 0.0944. The fraction of sp³-hybridized carbons (Fsp3) is 0.188. The van der Waals surface area contributed by atoms with Gasteiger partial charge in [0.05, 0.1) is 12.6 Å². The van der Waals surface area contributed by atoms with Crippen molar-refractivity contribution in [2.24, 2.45) is 10.7 Å². The van der Waals surface area contributed by atoms with Gasteiger partial charge in [0.25, 0.3) is 0 Å². The van der Waals surface area contributed by atoms with E-state index in [9.17, 15) is 4.39 Å². The lowest BCUT2D eigenvalue weighted by Gasteiger charge is -2.27. The molecule has 1 unspecified atom stereocenters. The Morgan fingerprint density at radius 2 is 2.10 bits per heavy atom. The fourth-order valence-electron chi connectivity index (χ4n) is 2.59. The maximum Gasteiger partial charge on any atom is 0.196 e. The Labute approximate surface area is 127 Å². The highest BCUT2D eigenvalue weighted by atomic mass is 35.5. The van der Waals surface area contributed by atoms with E-state index in [1.54, 1.807) is 6.07 Å². The lowest BCUT2D eigenvalue weighted by molar-refractivity contribution is 0.589. The smallest absolute Gasteiger partial charge is 0.196 e. The number of hydrogen-bond acceptors (Lipinski definition) is 3. The summed E-state index contributed by atoms with van der Waals surface area (Å²) < 4.78 is 14.1. The minimum absolute atomic E-state index is 0.273. The number of nitrogens with zero attached hydrogens (tertiary/aromatic N) is 2. The third-order valence-corrected chi connectivity index (χ3v) is 3.82. The molecule has 0 saturated heterocycles. The molecule has 1 atom stereocenters.